The highest BCUT2D eigenvalue weighted by Gasteiger charge is 2.28. The molecule has 0 amide bonds. The van der Waals surface area contributed by atoms with Gasteiger partial charge < -0.3 is 15.3 Å². The van der Waals surface area contributed by atoms with Gasteiger partial charge in [0.25, 0.3) is 5.56 Å². The fourth-order valence-corrected chi connectivity index (χ4v) is 3.47. The fourth-order valence-electron chi connectivity index (χ4n) is 3.35. The summed E-state index contributed by atoms with van der Waals surface area (Å²) in [6, 6.07) is 13.5. The Hall–Kier alpha value is -3.52. The third-order valence-corrected chi connectivity index (χ3v) is 4.98. The van der Waals surface area contributed by atoms with Crippen LogP contribution in [0.3, 0.4) is 0 Å². The van der Waals surface area contributed by atoms with E-state index >= 15 is 0 Å². The van der Waals surface area contributed by atoms with E-state index < -0.39 is 17.1 Å². The number of hydrazone groups is 1. The summed E-state index contributed by atoms with van der Waals surface area (Å²) in [5.41, 5.74) is 3.01. The number of methoxy groups -OCH3 is 1. The molecule has 1 atom stereocenters. The Bertz CT molecular complexity index is 1210. The van der Waals surface area contributed by atoms with Crippen LogP contribution in [0.2, 0.25) is 5.02 Å². The summed E-state index contributed by atoms with van der Waals surface area (Å²) in [6.45, 7) is 0. The number of benzene rings is 2. The highest BCUT2D eigenvalue weighted by Crippen LogP contribution is 2.32. The molecule has 3 N–H and O–H groups in total. The molecule has 1 aliphatic heterocycles. The van der Waals surface area contributed by atoms with Crippen LogP contribution in [-0.4, -0.2) is 27.5 Å². The molecule has 4 rings (SSSR count). The molecule has 0 unspecified atom stereocenters. The Morgan fingerprint density at radius 3 is 2.62 bits per heavy atom. The third kappa shape index (κ3) is 3.38. The van der Waals surface area contributed by atoms with Crippen molar-refractivity contribution in [3.8, 4) is 17.3 Å². The highest BCUT2D eigenvalue weighted by molar-refractivity contribution is 6.30. The van der Waals surface area contributed by atoms with Crippen molar-refractivity contribution in [2.45, 2.75) is 12.5 Å². The Morgan fingerprint density at radius 1 is 1.17 bits per heavy atom. The predicted octanol–water partition coefficient (Wildman–Crippen LogP) is 2.33. The number of hydrogen-bond donors (Lipinski definition) is 3. The van der Waals surface area contributed by atoms with Gasteiger partial charge in [0.05, 0.1) is 24.6 Å². The molecule has 0 aliphatic carbocycles. The van der Waals surface area contributed by atoms with Gasteiger partial charge >= 0.3 is 5.69 Å². The summed E-state index contributed by atoms with van der Waals surface area (Å²) in [5.74, 6) is 0.202. The van der Waals surface area contributed by atoms with Crippen LogP contribution in [0.5, 0.6) is 11.6 Å². The van der Waals surface area contributed by atoms with Gasteiger partial charge in [-0.3, -0.25) is 9.78 Å². The fraction of sp³-hybridized carbons (Fsp3) is 0.150. The summed E-state index contributed by atoms with van der Waals surface area (Å²) >= 11 is 5.89. The van der Waals surface area contributed by atoms with Crippen molar-refractivity contribution in [2.75, 3.05) is 7.11 Å². The zero-order chi connectivity index (χ0) is 20.5. The molecule has 8 nitrogen and oxygen atoms in total. The van der Waals surface area contributed by atoms with Crippen molar-refractivity contribution in [1.82, 2.24) is 15.0 Å². The molecule has 0 saturated carbocycles. The molecular weight excluding hydrogens is 396 g/mol. The second-order valence-electron chi connectivity index (χ2n) is 6.46. The van der Waals surface area contributed by atoms with Gasteiger partial charge in [-0.2, -0.15) is 5.10 Å². The zero-order valence-electron chi connectivity index (χ0n) is 15.3. The largest absolute Gasteiger partial charge is 0.496 e. The van der Waals surface area contributed by atoms with Crippen molar-refractivity contribution >= 4 is 17.3 Å². The number of aromatic hydroxyl groups is 1. The van der Waals surface area contributed by atoms with Crippen molar-refractivity contribution < 1.29 is 9.84 Å². The number of para-hydroxylation sites is 1. The number of nitrogens with one attached hydrogen (secondary N) is 2. The minimum Gasteiger partial charge on any atom is -0.496 e. The van der Waals surface area contributed by atoms with Crippen LogP contribution in [0, 0.1) is 0 Å². The molecule has 0 spiro atoms. The average Bonchev–Trinajstić information content (AvgIpc) is 3.18. The molecular formula is C20H17ClN4O4. The first kappa shape index (κ1) is 18.8. The lowest BCUT2D eigenvalue weighted by atomic mass is 9.99. The van der Waals surface area contributed by atoms with Crippen LogP contribution in [0.4, 0.5) is 0 Å². The topological polar surface area (TPSA) is 109 Å². The molecule has 148 valence electrons. The summed E-state index contributed by atoms with van der Waals surface area (Å²) < 4.78 is 6.39. The molecule has 0 saturated heterocycles. The number of aromatic nitrogens is 2. The molecule has 0 fully saturated rings. The van der Waals surface area contributed by atoms with Gasteiger partial charge in [-0.15, -0.1) is 0 Å². The summed E-state index contributed by atoms with van der Waals surface area (Å²) in [6.07, 6.45) is 0.329. The standard InChI is InChI=1S/C20H17ClN4O4/c1-29-16-5-3-2-4-13(16)14-10-15(24-23-14)17-18(26)22-20(28)25(19(17)27)12-8-6-11(21)7-9-12/h2-9,14,23,27H,10H2,1H3,(H,22,26,28)/t14-/m0/s1. The average molecular weight is 413 g/mol. The van der Waals surface area contributed by atoms with Crippen LogP contribution < -0.4 is 21.4 Å². The second kappa shape index (κ2) is 7.48. The Labute approximate surface area is 170 Å². The zero-order valence-corrected chi connectivity index (χ0v) is 16.1. The summed E-state index contributed by atoms with van der Waals surface area (Å²) in [4.78, 5) is 27.0. The van der Waals surface area contributed by atoms with E-state index in [-0.39, 0.29) is 11.6 Å². The molecule has 2 aromatic carbocycles. The quantitative estimate of drug-likeness (QED) is 0.609. The smallest absolute Gasteiger partial charge is 0.335 e. The van der Waals surface area contributed by atoms with Crippen LogP contribution in [0.1, 0.15) is 23.6 Å². The van der Waals surface area contributed by atoms with Crippen LogP contribution in [0.15, 0.2) is 63.2 Å². The van der Waals surface area contributed by atoms with Crippen LogP contribution >= 0.6 is 11.6 Å². The first-order valence-corrected chi connectivity index (χ1v) is 9.17. The molecule has 0 bridgehead atoms. The SMILES string of the molecule is COc1ccccc1[C@@H]1CC(c2c(O)n(-c3ccc(Cl)cc3)c(=O)[nH]c2=O)=NN1. The first-order valence-electron chi connectivity index (χ1n) is 8.79. The van der Waals surface area contributed by atoms with Gasteiger partial charge in [-0.05, 0) is 30.3 Å². The summed E-state index contributed by atoms with van der Waals surface area (Å²) in [7, 11) is 1.58. The van der Waals surface area contributed by atoms with Gasteiger partial charge in [0.2, 0.25) is 5.88 Å². The van der Waals surface area contributed by atoms with E-state index in [2.05, 4.69) is 15.5 Å². The molecule has 9 heteroatoms. The van der Waals surface area contributed by atoms with Crippen molar-refractivity contribution in [3.63, 3.8) is 0 Å². The van der Waals surface area contributed by atoms with E-state index in [4.69, 9.17) is 16.3 Å². The third-order valence-electron chi connectivity index (χ3n) is 4.73. The maximum absolute atomic E-state index is 12.5. The minimum absolute atomic E-state index is 0.0653. The molecule has 3 aromatic rings. The maximum atomic E-state index is 12.5. The van der Waals surface area contributed by atoms with E-state index in [1.807, 2.05) is 24.3 Å². The van der Waals surface area contributed by atoms with E-state index in [1.165, 1.54) is 0 Å². The lowest BCUT2D eigenvalue weighted by Crippen LogP contribution is -2.33. The normalized spacial score (nSPS) is 15.7. The monoisotopic (exact) mass is 412 g/mol. The minimum atomic E-state index is -0.758. The lowest BCUT2D eigenvalue weighted by molar-refractivity contribution is 0.402. The van der Waals surface area contributed by atoms with Gasteiger partial charge in [0, 0.05) is 17.0 Å². The van der Waals surface area contributed by atoms with Gasteiger partial charge in [0.15, 0.2) is 0 Å². The number of hydrogen-bond acceptors (Lipinski definition) is 6. The molecule has 1 aromatic heterocycles. The predicted molar refractivity (Wildman–Crippen MR) is 109 cm³/mol. The number of H-pyrrole nitrogens is 1. The molecule has 29 heavy (non-hydrogen) atoms. The van der Waals surface area contributed by atoms with E-state index in [9.17, 15) is 14.7 Å². The van der Waals surface area contributed by atoms with Crippen molar-refractivity contribution in [3.05, 3.63) is 85.5 Å². The van der Waals surface area contributed by atoms with Gasteiger partial charge in [-0.1, -0.05) is 29.8 Å². The Kier molecular flexibility index (Phi) is 4.85. The number of halogens is 1. The van der Waals surface area contributed by atoms with E-state index in [0.717, 1.165) is 10.1 Å². The maximum Gasteiger partial charge on any atom is 0.335 e. The number of nitrogens with zero attached hydrogens (tertiary/aromatic N) is 2. The van der Waals surface area contributed by atoms with Crippen molar-refractivity contribution in [2.24, 2.45) is 5.10 Å². The number of ether oxygens (including phenoxy) is 1. The first-order chi connectivity index (χ1) is 14.0. The number of aromatic amines is 1. The molecule has 0 radical (unpaired) electrons. The summed E-state index contributed by atoms with van der Waals surface area (Å²) in [5, 5.41) is 15.5. The van der Waals surface area contributed by atoms with Crippen molar-refractivity contribution in [1.29, 1.82) is 0 Å². The number of rotatable bonds is 4. The van der Waals surface area contributed by atoms with E-state index in [0.29, 0.717) is 28.6 Å². The molecule has 1 aliphatic rings. The van der Waals surface area contributed by atoms with Crippen LogP contribution in [0.25, 0.3) is 5.69 Å². The van der Waals surface area contributed by atoms with E-state index in [1.54, 1.807) is 31.4 Å². The highest BCUT2D eigenvalue weighted by atomic mass is 35.5. The Balaban J connectivity index is 1.75. The van der Waals surface area contributed by atoms with Gasteiger partial charge in [0.1, 0.15) is 11.3 Å². The molecule has 2 heterocycles. The van der Waals surface area contributed by atoms with Gasteiger partial charge in [-0.25, -0.2) is 9.36 Å². The second-order valence-corrected chi connectivity index (χ2v) is 6.89. The van der Waals surface area contributed by atoms with Crippen LogP contribution in [-0.2, 0) is 0 Å². The Morgan fingerprint density at radius 2 is 1.90 bits per heavy atom. The lowest BCUT2D eigenvalue weighted by Gasteiger charge is -2.14.